The fraction of sp³-hybridized carbons (Fsp3) is 0.333. The van der Waals surface area contributed by atoms with Crippen molar-refractivity contribution in [2.24, 2.45) is 0 Å². The van der Waals surface area contributed by atoms with Crippen LogP contribution in [0, 0.1) is 6.92 Å². The lowest BCUT2D eigenvalue weighted by molar-refractivity contribution is 0.102. The molecule has 0 radical (unpaired) electrons. The molecule has 6 heteroatoms. The molecule has 0 spiro atoms. The number of hydrogen-bond acceptors (Lipinski definition) is 4. The summed E-state index contributed by atoms with van der Waals surface area (Å²) in [6.07, 6.45) is 2.45. The van der Waals surface area contributed by atoms with Crippen molar-refractivity contribution < 1.29 is 19.1 Å². The number of methoxy groups -OCH3 is 1. The van der Waals surface area contributed by atoms with Gasteiger partial charge in [0.15, 0.2) is 11.5 Å². The van der Waals surface area contributed by atoms with E-state index in [0.29, 0.717) is 33.3 Å². The predicted octanol–water partition coefficient (Wildman–Crippen LogP) is 5.29. The molecule has 0 heterocycles. The second-order valence-electron chi connectivity index (χ2n) is 6.19. The summed E-state index contributed by atoms with van der Waals surface area (Å²) >= 11 is 6.29. The van der Waals surface area contributed by atoms with E-state index in [9.17, 15) is 9.59 Å². The monoisotopic (exact) mass is 389 g/mol. The third-order valence-electron chi connectivity index (χ3n) is 4.33. The van der Waals surface area contributed by atoms with Gasteiger partial charge < -0.3 is 14.8 Å². The molecule has 1 N–H and O–H groups in total. The quantitative estimate of drug-likeness (QED) is 0.623. The molecule has 5 nitrogen and oxygen atoms in total. The second-order valence-corrected chi connectivity index (χ2v) is 6.60. The van der Waals surface area contributed by atoms with E-state index in [4.69, 9.17) is 21.1 Å². The van der Waals surface area contributed by atoms with Gasteiger partial charge in [-0.2, -0.15) is 0 Å². The lowest BCUT2D eigenvalue weighted by atomic mass is 10.1. The Bertz CT molecular complexity index is 831. The lowest BCUT2D eigenvalue weighted by Gasteiger charge is -2.19. The Labute approximate surface area is 164 Å². The van der Waals surface area contributed by atoms with Gasteiger partial charge in [0.25, 0.3) is 5.91 Å². The van der Waals surface area contributed by atoms with Gasteiger partial charge in [-0.15, -0.1) is 0 Å². The number of amides is 1. The van der Waals surface area contributed by atoms with Crippen molar-refractivity contribution >= 4 is 29.5 Å². The van der Waals surface area contributed by atoms with Gasteiger partial charge in [-0.1, -0.05) is 25.4 Å². The molecule has 2 aromatic carbocycles. The molecule has 27 heavy (non-hydrogen) atoms. The third kappa shape index (κ3) is 5.01. The summed E-state index contributed by atoms with van der Waals surface area (Å²) in [7, 11) is 1.51. The topological polar surface area (TPSA) is 64.6 Å². The zero-order chi connectivity index (χ0) is 20.0. The van der Waals surface area contributed by atoms with Crippen LogP contribution in [0.25, 0.3) is 0 Å². The van der Waals surface area contributed by atoms with E-state index in [2.05, 4.69) is 5.32 Å². The van der Waals surface area contributed by atoms with Crippen molar-refractivity contribution in [3.63, 3.8) is 0 Å². The number of rotatable bonds is 8. The lowest BCUT2D eigenvalue weighted by Crippen LogP contribution is -2.16. The molecule has 0 atom stereocenters. The van der Waals surface area contributed by atoms with Crippen molar-refractivity contribution in [1.82, 2.24) is 0 Å². The average Bonchev–Trinajstić information content (AvgIpc) is 2.65. The highest BCUT2D eigenvalue weighted by Gasteiger charge is 2.18. The molecule has 144 valence electrons. The first kappa shape index (κ1) is 20.8. The Balaban J connectivity index is 2.31. The molecule has 0 fully saturated rings. The highest BCUT2D eigenvalue weighted by Crippen LogP contribution is 2.37. The van der Waals surface area contributed by atoms with E-state index in [1.807, 2.05) is 20.8 Å². The van der Waals surface area contributed by atoms with Crippen molar-refractivity contribution in [2.75, 3.05) is 12.4 Å². The average molecular weight is 390 g/mol. The molecule has 0 aliphatic heterocycles. The van der Waals surface area contributed by atoms with E-state index < -0.39 is 0 Å². The van der Waals surface area contributed by atoms with Gasteiger partial charge in [0.05, 0.1) is 18.2 Å². The summed E-state index contributed by atoms with van der Waals surface area (Å²) in [5.41, 5.74) is 2.33. The fourth-order valence-corrected chi connectivity index (χ4v) is 3.00. The minimum atomic E-state index is -0.327. The highest BCUT2D eigenvalue weighted by molar-refractivity contribution is 6.32. The van der Waals surface area contributed by atoms with Gasteiger partial charge in [0, 0.05) is 16.8 Å². The standard InChI is InChI=1S/C21H24ClNO4/c1-5-17(6-2)27-19-11-15(10-18(22)20(19)26-4)21(25)23-16-8-7-14(12-24)13(3)9-16/h7-12,17H,5-6H2,1-4H3,(H,23,25). The van der Waals surface area contributed by atoms with Crippen LogP contribution in [0.4, 0.5) is 5.69 Å². The van der Waals surface area contributed by atoms with Crippen LogP contribution in [0.15, 0.2) is 30.3 Å². The maximum absolute atomic E-state index is 12.7. The van der Waals surface area contributed by atoms with Crippen molar-refractivity contribution in [2.45, 2.75) is 39.7 Å². The zero-order valence-corrected chi connectivity index (χ0v) is 16.7. The summed E-state index contributed by atoms with van der Waals surface area (Å²) in [5, 5.41) is 3.12. The van der Waals surface area contributed by atoms with Crippen LogP contribution in [0.5, 0.6) is 11.5 Å². The summed E-state index contributed by atoms with van der Waals surface area (Å²) in [6, 6.07) is 8.27. The molecule has 2 aromatic rings. The molecule has 0 unspecified atom stereocenters. The van der Waals surface area contributed by atoms with E-state index in [1.54, 1.807) is 30.3 Å². The van der Waals surface area contributed by atoms with Gasteiger partial charge in [-0.25, -0.2) is 0 Å². The van der Waals surface area contributed by atoms with Crippen molar-refractivity contribution in [3.05, 3.63) is 52.0 Å². The van der Waals surface area contributed by atoms with E-state index in [1.165, 1.54) is 7.11 Å². The number of carbonyl (C=O) groups excluding carboxylic acids is 2. The Kier molecular flexibility index (Phi) is 7.25. The molecule has 0 aromatic heterocycles. The van der Waals surface area contributed by atoms with Crippen LogP contribution in [-0.4, -0.2) is 25.4 Å². The van der Waals surface area contributed by atoms with E-state index in [-0.39, 0.29) is 12.0 Å². The molecule has 0 aliphatic rings. The molecule has 0 saturated heterocycles. The normalized spacial score (nSPS) is 10.6. The minimum Gasteiger partial charge on any atom is -0.491 e. The Morgan fingerprint density at radius 2 is 1.93 bits per heavy atom. The summed E-state index contributed by atoms with van der Waals surface area (Å²) < 4.78 is 11.3. The minimum absolute atomic E-state index is 0.00631. The Morgan fingerprint density at radius 1 is 1.22 bits per heavy atom. The highest BCUT2D eigenvalue weighted by atomic mass is 35.5. The van der Waals surface area contributed by atoms with Gasteiger partial charge in [-0.05, 0) is 55.7 Å². The predicted molar refractivity (Wildman–Crippen MR) is 108 cm³/mol. The van der Waals surface area contributed by atoms with Crippen molar-refractivity contribution in [1.29, 1.82) is 0 Å². The maximum Gasteiger partial charge on any atom is 0.255 e. The Hall–Kier alpha value is -2.53. The number of aldehydes is 1. The molecular weight excluding hydrogens is 366 g/mol. The van der Waals surface area contributed by atoms with Gasteiger partial charge in [0.1, 0.15) is 6.29 Å². The summed E-state index contributed by atoms with van der Waals surface area (Å²) in [4.78, 5) is 23.6. The molecule has 1 amide bonds. The van der Waals surface area contributed by atoms with Crippen LogP contribution in [-0.2, 0) is 0 Å². The number of ether oxygens (including phenoxy) is 2. The van der Waals surface area contributed by atoms with Crippen LogP contribution < -0.4 is 14.8 Å². The first-order valence-corrected chi connectivity index (χ1v) is 9.22. The summed E-state index contributed by atoms with van der Waals surface area (Å²) in [5.74, 6) is 0.523. The molecular formula is C21H24ClNO4. The summed E-state index contributed by atoms with van der Waals surface area (Å²) in [6.45, 7) is 5.87. The Morgan fingerprint density at radius 3 is 2.48 bits per heavy atom. The van der Waals surface area contributed by atoms with Gasteiger partial charge in [-0.3, -0.25) is 9.59 Å². The third-order valence-corrected chi connectivity index (χ3v) is 4.62. The number of hydrogen-bond donors (Lipinski definition) is 1. The number of halogens is 1. The van der Waals surface area contributed by atoms with Crippen LogP contribution in [0.1, 0.15) is 53.0 Å². The number of carbonyl (C=O) groups is 2. The molecule has 0 saturated carbocycles. The molecule has 0 aliphatic carbocycles. The number of anilines is 1. The second kappa shape index (κ2) is 9.42. The number of benzene rings is 2. The molecule has 0 bridgehead atoms. The van der Waals surface area contributed by atoms with Crippen molar-refractivity contribution in [3.8, 4) is 11.5 Å². The maximum atomic E-state index is 12.7. The van der Waals surface area contributed by atoms with Crippen LogP contribution in [0.3, 0.4) is 0 Å². The van der Waals surface area contributed by atoms with Crippen LogP contribution in [0.2, 0.25) is 5.02 Å². The largest absolute Gasteiger partial charge is 0.491 e. The number of aryl methyl sites for hydroxylation is 1. The van der Waals surface area contributed by atoms with Gasteiger partial charge in [0.2, 0.25) is 0 Å². The SMILES string of the molecule is CCC(CC)Oc1cc(C(=O)Nc2ccc(C=O)c(C)c2)cc(Cl)c1OC. The van der Waals surface area contributed by atoms with E-state index >= 15 is 0 Å². The molecule has 2 rings (SSSR count). The van der Waals surface area contributed by atoms with Gasteiger partial charge >= 0.3 is 0 Å². The first-order chi connectivity index (χ1) is 12.9. The first-order valence-electron chi connectivity index (χ1n) is 8.84. The van der Waals surface area contributed by atoms with Crippen LogP contribution >= 0.6 is 11.6 Å². The zero-order valence-electron chi connectivity index (χ0n) is 16.0. The smallest absolute Gasteiger partial charge is 0.255 e. The number of nitrogens with one attached hydrogen (secondary N) is 1. The van der Waals surface area contributed by atoms with E-state index in [0.717, 1.165) is 24.7 Å². The fourth-order valence-electron chi connectivity index (χ4n) is 2.71.